The van der Waals surface area contributed by atoms with Crippen molar-refractivity contribution in [3.05, 3.63) is 60.7 Å². The maximum absolute atomic E-state index is 7.08. The molecule has 0 spiro atoms. The average Bonchev–Trinajstić information content (AvgIpc) is 2.68. The predicted octanol–water partition coefficient (Wildman–Crippen LogP) is 5.29. The van der Waals surface area contributed by atoms with E-state index < -0.39 is 8.32 Å². The van der Waals surface area contributed by atoms with E-state index in [2.05, 4.69) is 74.5 Å². The smallest absolute Gasteiger partial charge is 0.258 e. The average molecular weight is 353 g/mol. The summed E-state index contributed by atoms with van der Waals surface area (Å²) in [7, 11) is -2.17. The van der Waals surface area contributed by atoms with E-state index in [1.54, 1.807) is 0 Å². The fourth-order valence-electron chi connectivity index (χ4n) is 4.32. The summed E-state index contributed by atoms with van der Waals surface area (Å²) in [6.45, 7) is 4.70. The van der Waals surface area contributed by atoms with Crippen LogP contribution >= 0.6 is 0 Å². The number of hydrogen-bond acceptors (Lipinski definition) is 1. The molecule has 2 unspecified atom stereocenters. The van der Waals surface area contributed by atoms with E-state index in [0.29, 0.717) is 11.6 Å². The molecule has 1 fully saturated rings. The zero-order chi connectivity index (χ0) is 17.5. The minimum Gasteiger partial charge on any atom is -0.405 e. The molecule has 25 heavy (non-hydrogen) atoms. The fraction of sp³-hybridized carbons (Fsp3) is 0.478. The van der Waals surface area contributed by atoms with Crippen LogP contribution in [0.1, 0.15) is 58.8 Å². The Kier molecular flexibility index (Phi) is 6.49. The highest BCUT2D eigenvalue weighted by Gasteiger charge is 2.48. The third kappa shape index (κ3) is 4.07. The van der Waals surface area contributed by atoms with Gasteiger partial charge < -0.3 is 4.43 Å². The summed E-state index contributed by atoms with van der Waals surface area (Å²) in [4.78, 5) is 0. The molecule has 1 saturated heterocycles. The number of benzene rings is 2. The lowest BCUT2D eigenvalue weighted by molar-refractivity contribution is 0.144. The van der Waals surface area contributed by atoms with Gasteiger partial charge >= 0.3 is 0 Å². The van der Waals surface area contributed by atoms with Crippen LogP contribution in [0.2, 0.25) is 5.54 Å². The van der Waals surface area contributed by atoms with E-state index in [-0.39, 0.29) is 0 Å². The van der Waals surface area contributed by atoms with Crippen molar-refractivity contribution in [3.63, 3.8) is 0 Å². The molecule has 2 atom stereocenters. The van der Waals surface area contributed by atoms with Crippen molar-refractivity contribution < 1.29 is 4.43 Å². The Hall–Kier alpha value is -1.38. The van der Waals surface area contributed by atoms with Crippen molar-refractivity contribution in [2.45, 2.75) is 70.4 Å². The summed E-state index contributed by atoms with van der Waals surface area (Å²) in [5.41, 5.74) is 0.615. The molecule has 3 rings (SSSR count). The first kappa shape index (κ1) is 18.4. The van der Waals surface area contributed by atoms with Gasteiger partial charge in [0.25, 0.3) is 8.32 Å². The Morgan fingerprint density at radius 2 is 1.44 bits per heavy atom. The molecule has 134 valence electrons. The molecule has 0 amide bonds. The Morgan fingerprint density at radius 3 is 2.00 bits per heavy atom. The van der Waals surface area contributed by atoms with Crippen LogP contribution < -0.4 is 10.4 Å². The van der Waals surface area contributed by atoms with Crippen molar-refractivity contribution in [1.29, 1.82) is 0 Å². The lowest BCUT2D eigenvalue weighted by atomic mass is 10.0. The van der Waals surface area contributed by atoms with Crippen LogP contribution in [-0.4, -0.2) is 14.4 Å². The Bertz CT molecular complexity index is 586. The third-order valence-electron chi connectivity index (χ3n) is 5.75. The normalized spacial score (nSPS) is 22.6. The standard InChI is InChI=1S/C23H32OSi/c1-3-4-5-8-13-21-19-18-20(2)25(24-21,22-14-9-6-10-15-22)23-16-11-7-12-17-23/h6-7,9-12,14-17,20-21H,3-5,8,13,18-19H2,1-2H3. The topological polar surface area (TPSA) is 9.23 Å². The minimum absolute atomic E-state index is 0.431. The van der Waals surface area contributed by atoms with E-state index in [0.717, 1.165) is 0 Å². The van der Waals surface area contributed by atoms with Gasteiger partial charge in [0, 0.05) is 6.10 Å². The van der Waals surface area contributed by atoms with E-state index >= 15 is 0 Å². The highest BCUT2D eigenvalue weighted by atomic mass is 28.4. The van der Waals surface area contributed by atoms with Gasteiger partial charge in [0.05, 0.1) is 0 Å². The molecule has 0 bridgehead atoms. The van der Waals surface area contributed by atoms with Crippen molar-refractivity contribution in [1.82, 2.24) is 0 Å². The van der Waals surface area contributed by atoms with Gasteiger partial charge in [-0.25, -0.2) is 0 Å². The largest absolute Gasteiger partial charge is 0.405 e. The Morgan fingerprint density at radius 1 is 0.840 bits per heavy atom. The van der Waals surface area contributed by atoms with Gasteiger partial charge in [-0.15, -0.1) is 0 Å². The molecule has 1 nitrogen and oxygen atoms in total. The van der Waals surface area contributed by atoms with Crippen LogP contribution in [0.4, 0.5) is 0 Å². The summed E-state index contributed by atoms with van der Waals surface area (Å²) in [5, 5.41) is 2.87. The first-order chi connectivity index (χ1) is 12.3. The van der Waals surface area contributed by atoms with Crippen LogP contribution in [0.3, 0.4) is 0 Å². The molecule has 2 heteroatoms. The molecule has 1 heterocycles. The maximum atomic E-state index is 7.08. The lowest BCUT2D eigenvalue weighted by Gasteiger charge is -2.45. The monoisotopic (exact) mass is 352 g/mol. The van der Waals surface area contributed by atoms with Gasteiger partial charge in [0.15, 0.2) is 0 Å². The van der Waals surface area contributed by atoms with Crippen LogP contribution in [0.15, 0.2) is 60.7 Å². The molecule has 2 aromatic rings. The Labute approximate surface area is 154 Å². The maximum Gasteiger partial charge on any atom is 0.258 e. The Balaban J connectivity index is 1.89. The highest BCUT2D eigenvalue weighted by molar-refractivity contribution is 6.98. The van der Waals surface area contributed by atoms with Crippen LogP contribution in [-0.2, 0) is 4.43 Å². The first-order valence-electron chi connectivity index (χ1n) is 10.1. The zero-order valence-corrected chi connectivity index (χ0v) is 16.8. The second kappa shape index (κ2) is 8.82. The summed E-state index contributed by atoms with van der Waals surface area (Å²) in [6.07, 6.45) is 9.47. The second-order valence-electron chi connectivity index (χ2n) is 7.54. The molecule has 0 aliphatic carbocycles. The van der Waals surface area contributed by atoms with Gasteiger partial charge in [-0.05, 0) is 35.2 Å². The second-order valence-corrected chi connectivity index (χ2v) is 11.4. The van der Waals surface area contributed by atoms with Gasteiger partial charge in [-0.2, -0.15) is 0 Å². The summed E-state index contributed by atoms with van der Waals surface area (Å²) < 4.78 is 7.08. The fourth-order valence-corrected chi connectivity index (χ4v) is 9.01. The van der Waals surface area contributed by atoms with Crippen LogP contribution in [0, 0.1) is 0 Å². The van der Waals surface area contributed by atoms with Gasteiger partial charge in [-0.3, -0.25) is 0 Å². The molecule has 0 aromatic heterocycles. The third-order valence-corrected chi connectivity index (χ3v) is 10.5. The van der Waals surface area contributed by atoms with E-state index in [9.17, 15) is 0 Å². The molecular weight excluding hydrogens is 320 g/mol. The van der Waals surface area contributed by atoms with E-state index in [1.807, 2.05) is 0 Å². The predicted molar refractivity (Wildman–Crippen MR) is 110 cm³/mol. The quantitative estimate of drug-likeness (QED) is 0.486. The number of hydrogen-bond donors (Lipinski definition) is 0. The molecule has 1 aliphatic rings. The first-order valence-corrected chi connectivity index (χ1v) is 12.0. The molecule has 0 N–H and O–H groups in total. The van der Waals surface area contributed by atoms with Crippen molar-refractivity contribution in [2.24, 2.45) is 0 Å². The highest BCUT2D eigenvalue weighted by Crippen LogP contribution is 2.36. The SMILES string of the molecule is CCCCCCC1CCC(C)[Si](c2ccccc2)(c2ccccc2)O1. The minimum atomic E-state index is -2.17. The van der Waals surface area contributed by atoms with E-state index in [4.69, 9.17) is 4.43 Å². The van der Waals surface area contributed by atoms with Crippen LogP contribution in [0.5, 0.6) is 0 Å². The van der Waals surface area contributed by atoms with Gasteiger partial charge in [0.2, 0.25) is 0 Å². The summed E-state index contributed by atoms with van der Waals surface area (Å²) in [5.74, 6) is 0. The van der Waals surface area contributed by atoms with Gasteiger partial charge in [-0.1, -0.05) is 100 Å². The number of unbranched alkanes of at least 4 members (excludes halogenated alkanes) is 3. The van der Waals surface area contributed by atoms with E-state index in [1.165, 1.54) is 55.3 Å². The molecule has 1 aliphatic heterocycles. The molecule has 0 radical (unpaired) electrons. The summed E-state index contributed by atoms with van der Waals surface area (Å²) >= 11 is 0. The molecule has 2 aromatic carbocycles. The lowest BCUT2D eigenvalue weighted by Crippen LogP contribution is -2.66. The van der Waals surface area contributed by atoms with Crippen molar-refractivity contribution >= 4 is 18.7 Å². The van der Waals surface area contributed by atoms with Gasteiger partial charge in [0.1, 0.15) is 0 Å². The summed E-state index contributed by atoms with van der Waals surface area (Å²) in [6, 6.07) is 22.1. The molecular formula is C23H32OSi. The number of rotatable bonds is 7. The molecule has 0 saturated carbocycles. The van der Waals surface area contributed by atoms with Crippen LogP contribution in [0.25, 0.3) is 0 Å². The zero-order valence-electron chi connectivity index (χ0n) is 15.8. The van der Waals surface area contributed by atoms with Crippen molar-refractivity contribution in [2.75, 3.05) is 0 Å². The van der Waals surface area contributed by atoms with Crippen molar-refractivity contribution in [3.8, 4) is 0 Å².